The number of hydrogen-bond acceptors (Lipinski definition) is 6. The zero-order valence-electron chi connectivity index (χ0n) is 19.5. The molecule has 8 nitrogen and oxygen atoms in total. The Hall–Kier alpha value is -4.17. The van der Waals surface area contributed by atoms with Crippen molar-refractivity contribution >= 4 is 27.9 Å². The molecule has 5 aromatic rings. The van der Waals surface area contributed by atoms with E-state index in [0.717, 1.165) is 50.1 Å². The number of methoxy groups -OCH3 is 2. The summed E-state index contributed by atoms with van der Waals surface area (Å²) in [5, 5.41) is 13.3. The van der Waals surface area contributed by atoms with Crippen molar-refractivity contribution in [3.05, 3.63) is 89.1 Å². The molecule has 176 valence electrons. The summed E-state index contributed by atoms with van der Waals surface area (Å²) in [4.78, 5) is 16.2. The molecule has 0 spiro atoms. The zero-order chi connectivity index (χ0) is 23.9. The smallest absolute Gasteiger partial charge is 0.323 e. The molecule has 3 aromatic carbocycles. The molecule has 8 heteroatoms. The minimum absolute atomic E-state index is 0.215. The number of carbonyl (C=O) groups excluding carboxylic acids is 1. The second-order valence-corrected chi connectivity index (χ2v) is 8.75. The van der Waals surface area contributed by atoms with Crippen LogP contribution in [0.4, 0.5) is 0 Å². The van der Waals surface area contributed by atoms with Crippen LogP contribution in [0.25, 0.3) is 21.9 Å². The van der Waals surface area contributed by atoms with Crippen LogP contribution >= 0.6 is 0 Å². The lowest BCUT2D eigenvalue weighted by molar-refractivity contribution is -0.143. The Kier molecular flexibility index (Phi) is 5.22. The number of nitrogens with one attached hydrogen (secondary N) is 2. The second kappa shape index (κ2) is 8.56. The first-order chi connectivity index (χ1) is 17.2. The first kappa shape index (κ1) is 21.4. The van der Waals surface area contributed by atoms with Crippen LogP contribution in [0.15, 0.2) is 66.7 Å². The highest BCUT2D eigenvalue weighted by molar-refractivity contribution is 5.87. The summed E-state index contributed by atoms with van der Waals surface area (Å²) in [7, 11) is 3.09. The van der Waals surface area contributed by atoms with Crippen LogP contribution < -0.4 is 10.1 Å². The third kappa shape index (κ3) is 3.63. The van der Waals surface area contributed by atoms with E-state index in [4.69, 9.17) is 9.47 Å². The Morgan fingerprint density at radius 3 is 2.77 bits per heavy atom. The fourth-order valence-electron chi connectivity index (χ4n) is 5.09. The van der Waals surface area contributed by atoms with Gasteiger partial charge in [0.25, 0.3) is 0 Å². The lowest BCUT2D eigenvalue weighted by atomic mass is 9.89. The van der Waals surface area contributed by atoms with Gasteiger partial charge in [0.1, 0.15) is 17.3 Å². The summed E-state index contributed by atoms with van der Waals surface area (Å²) in [6.45, 7) is 0.504. The predicted octanol–water partition coefficient (Wildman–Crippen LogP) is 3.75. The highest BCUT2D eigenvalue weighted by Crippen LogP contribution is 2.37. The first-order valence-electron chi connectivity index (χ1n) is 11.5. The monoisotopic (exact) mass is 467 g/mol. The molecule has 0 amide bonds. The standard InChI is InChI=1S/C27H25N5O3/c1-34-24-12-11-16(13-17(24)15-32-23-10-6-5-9-21(23)30-31-32)25-26-19(14-22(29-25)27(33)35-2)18-7-3-4-8-20(18)28-26/h3-13,22,25,28-29H,14-15H2,1-2H3/t22-,25-/m0/s1. The minimum Gasteiger partial charge on any atom is -0.496 e. The van der Waals surface area contributed by atoms with Crippen molar-refractivity contribution in [1.29, 1.82) is 0 Å². The van der Waals surface area contributed by atoms with Gasteiger partial charge in [-0.1, -0.05) is 41.6 Å². The van der Waals surface area contributed by atoms with Crippen molar-refractivity contribution in [2.75, 3.05) is 14.2 Å². The third-order valence-corrected chi connectivity index (χ3v) is 6.78. The topological polar surface area (TPSA) is 94.1 Å². The molecule has 1 aliphatic rings. The number of aromatic amines is 1. The fraction of sp³-hybridized carbons (Fsp3) is 0.222. The molecule has 0 radical (unpaired) electrons. The molecule has 35 heavy (non-hydrogen) atoms. The molecule has 2 atom stereocenters. The number of rotatable bonds is 5. The van der Waals surface area contributed by atoms with Gasteiger partial charge in [0.05, 0.1) is 32.3 Å². The number of esters is 1. The van der Waals surface area contributed by atoms with Gasteiger partial charge in [-0.3, -0.25) is 10.1 Å². The van der Waals surface area contributed by atoms with Gasteiger partial charge in [0, 0.05) is 28.6 Å². The number of H-pyrrole nitrogens is 1. The minimum atomic E-state index is -0.443. The highest BCUT2D eigenvalue weighted by atomic mass is 16.5. The largest absolute Gasteiger partial charge is 0.496 e. The Labute approximate surface area is 201 Å². The van der Waals surface area contributed by atoms with Gasteiger partial charge in [0.2, 0.25) is 0 Å². The molecule has 2 N–H and O–H groups in total. The average molecular weight is 468 g/mol. The van der Waals surface area contributed by atoms with Gasteiger partial charge in [-0.15, -0.1) is 5.10 Å². The van der Waals surface area contributed by atoms with E-state index in [1.54, 1.807) is 7.11 Å². The maximum atomic E-state index is 12.6. The maximum absolute atomic E-state index is 12.6. The van der Waals surface area contributed by atoms with E-state index in [1.807, 2.05) is 53.2 Å². The van der Waals surface area contributed by atoms with Crippen LogP contribution in [0.1, 0.15) is 28.4 Å². The molecule has 2 aromatic heterocycles. The van der Waals surface area contributed by atoms with E-state index in [0.29, 0.717) is 13.0 Å². The van der Waals surface area contributed by atoms with Crippen LogP contribution in [0.5, 0.6) is 5.75 Å². The van der Waals surface area contributed by atoms with E-state index in [9.17, 15) is 4.79 Å². The fourth-order valence-corrected chi connectivity index (χ4v) is 5.09. The van der Waals surface area contributed by atoms with Crippen molar-refractivity contribution < 1.29 is 14.3 Å². The average Bonchev–Trinajstić information content (AvgIpc) is 3.49. The van der Waals surface area contributed by atoms with Crippen molar-refractivity contribution in [2.45, 2.75) is 25.0 Å². The lowest BCUT2D eigenvalue weighted by Gasteiger charge is -2.30. The van der Waals surface area contributed by atoms with E-state index >= 15 is 0 Å². The van der Waals surface area contributed by atoms with Crippen molar-refractivity contribution in [3.8, 4) is 5.75 Å². The van der Waals surface area contributed by atoms with Gasteiger partial charge in [-0.2, -0.15) is 0 Å². The third-order valence-electron chi connectivity index (χ3n) is 6.78. The number of benzene rings is 3. The van der Waals surface area contributed by atoms with Crippen molar-refractivity contribution in [3.63, 3.8) is 0 Å². The van der Waals surface area contributed by atoms with Crippen LogP contribution in [-0.4, -0.2) is 46.2 Å². The van der Waals surface area contributed by atoms with Crippen LogP contribution in [0, 0.1) is 0 Å². The van der Waals surface area contributed by atoms with Gasteiger partial charge < -0.3 is 14.5 Å². The number of nitrogens with zero attached hydrogens (tertiary/aromatic N) is 3. The van der Waals surface area contributed by atoms with Gasteiger partial charge >= 0.3 is 5.97 Å². The van der Waals surface area contributed by atoms with Crippen LogP contribution in [-0.2, 0) is 22.5 Å². The highest BCUT2D eigenvalue weighted by Gasteiger charge is 2.34. The van der Waals surface area contributed by atoms with E-state index in [-0.39, 0.29) is 12.0 Å². The first-order valence-corrected chi connectivity index (χ1v) is 11.5. The molecule has 0 saturated heterocycles. The molecule has 0 unspecified atom stereocenters. The number of fused-ring (bicyclic) bond motifs is 4. The maximum Gasteiger partial charge on any atom is 0.323 e. The summed E-state index contributed by atoms with van der Waals surface area (Å²) >= 11 is 0. The van der Waals surface area contributed by atoms with Crippen LogP contribution in [0.2, 0.25) is 0 Å². The zero-order valence-corrected chi connectivity index (χ0v) is 19.5. The Balaban J connectivity index is 1.44. The summed E-state index contributed by atoms with van der Waals surface area (Å²) in [6, 6.07) is 21.5. The normalized spacial score (nSPS) is 17.4. The molecular weight excluding hydrogens is 442 g/mol. The van der Waals surface area contributed by atoms with Gasteiger partial charge in [-0.05, 0) is 41.5 Å². The molecule has 1 aliphatic heterocycles. The van der Waals surface area contributed by atoms with E-state index < -0.39 is 6.04 Å². The predicted molar refractivity (Wildman–Crippen MR) is 132 cm³/mol. The second-order valence-electron chi connectivity index (χ2n) is 8.75. The van der Waals surface area contributed by atoms with Crippen LogP contribution in [0.3, 0.4) is 0 Å². The summed E-state index contributed by atoms with van der Waals surface area (Å²) < 4.78 is 12.6. The van der Waals surface area contributed by atoms with Gasteiger partial charge in [0.15, 0.2) is 0 Å². The summed E-state index contributed by atoms with van der Waals surface area (Å²) in [6.07, 6.45) is 0.566. The quantitative estimate of drug-likeness (QED) is 0.383. The van der Waals surface area contributed by atoms with Crippen molar-refractivity contribution in [2.24, 2.45) is 0 Å². The molecular formula is C27H25N5O3. The van der Waals surface area contributed by atoms with Gasteiger partial charge in [-0.25, -0.2) is 4.68 Å². The number of hydrogen-bond donors (Lipinski definition) is 2. The lowest BCUT2D eigenvalue weighted by Crippen LogP contribution is -2.45. The summed E-state index contributed by atoms with van der Waals surface area (Å²) in [5.74, 6) is 0.499. The Bertz CT molecular complexity index is 1550. The van der Waals surface area contributed by atoms with Crippen molar-refractivity contribution in [1.82, 2.24) is 25.3 Å². The molecule has 0 fully saturated rings. The Morgan fingerprint density at radius 1 is 1.09 bits per heavy atom. The molecule has 3 heterocycles. The molecule has 0 aliphatic carbocycles. The SMILES string of the molecule is COC(=O)[C@@H]1Cc2c([nH]c3ccccc23)[C@H](c2ccc(OC)c(Cn3nnc4ccccc43)c2)N1. The molecule has 0 saturated carbocycles. The number of carbonyl (C=O) groups is 1. The molecule has 6 rings (SSSR count). The van der Waals surface area contributed by atoms with E-state index in [2.05, 4.69) is 38.8 Å². The Morgan fingerprint density at radius 2 is 1.91 bits per heavy atom. The summed E-state index contributed by atoms with van der Waals surface area (Å²) in [5.41, 5.74) is 7.05. The number of aromatic nitrogens is 4. The number of ether oxygens (including phenoxy) is 2. The number of para-hydroxylation sites is 2. The van der Waals surface area contributed by atoms with E-state index in [1.165, 1.54) is 7.11 Å². The molecule has 0 bridgehead atoms.